The second-order valence-electron chi connectivity index (χ2n) is 6.66. The third-order valence-electron chi connectivity index (χ3n) is 5.05. The molecule has 0 amide bonds. The van der Waals surface area contributed by atoms with Gasteiger partial charge < -0.3 is 15.0 Å². The Balaban J connectivity index is 1.50. The van der Waals surface area contributed by atoms with Gasteiger partial charge >= 0.3 is 0 Å². The zero-order valence-corrected chi connectivity index (χ0v) is 14.4. The van der Waals surface area contributed by atoms with Crippen LogP contribution < -0.4 is 10.1 Å². The Morgan fingerprint density at radius 2 is 2.05 bits per heavy atom. The second-order valence-corrected chi connectivity index (χ2v) is 7.05. The topological polar surface area (TPSA) is 24.5 Å². The van der Waals surface area contributed by atoms with E-state index in [1.807, 2.05) is 19.1 Å². The normalized spacial score (nSPS) is 26.0. The molecule has 2 fully saturated rings. The third-order valence-corrected chi connectivity index (χ3v) is 5.48. The molecule has 3 atom stereocenters. The van der Waals surface area contributed by atoms with Gasteiger partial charge in [0, 0.05) is 19.6 Å². The molecule has 0 aliphatic heterocycles. The molecule has 22 heavy (non-hydrogen) atoms. The van der Waals surface area contributed by atoms with E-state index < -0.39 is 0 Å². The van der Waals surface area contributed by atoms with E-state index >= 15 is 0 Å². The van der Waals surface area contributed by atoms with Crippen molar-refractivity contribution in [2.45, 2.75) is 45.2 Å². The Morgan fingerprint density at radius 1 is 1.27 bits per heavy atom. The van der Waals surface area contributed by atoms with Crippen molar-refractivity contribution in [3.8, 4) is 5.75 Å². The Labute approximate surface area is 139 Å². The van der Waals surface area contributed by atoms with Gasteiger partial charge in [0.05, 0.1) is 6.61 Å². The van der Waals surface area contributed by atoms with Gasteiger partial charge in [-0.2, -0.15) is 0 Å². The maximum absolute atomic E-state index is 5.59. The molecule has 2 aliphatic rings. The highest BCUT2D eigenvalue weighted by atomic mass is 32.1. The summed E-state index contributed by atoms with van der Waals surface area (Å²) in [6.45, 7) is 3.54. The van der Waals surface area contributed by atoms with Gasteiger partial charge in [-0.05, 0) is 67.9 Å². The van der Waals surface area contributed by atoms with Crippen LogP contribution in [-0.2, 0) is 6.54 Å². The van der Waals surface area contributed by atoms with Crippen LogP contribution in [0.15, 0.2) is 24.3 Å². The van der Waals surface area contributed by atoms with Crippen molar-refractivity contribution in [1.29, 1.82) is 0 Å². The fourth-order valence-electron chi connectivity index (χ4n) is 3.89. The molecular weight excluding hydrogens is 292 g/mol. The number of hydrogen-bond donors (Lipinski definition) is 1. The van der Waals surface area contributed by atoms with E-state index in [0.29, 0.717) is 12.6 Å². The van der Waals surface area contributed by atoms with Crippen LogP contribution >= 0.6 is 12.2 Å². The number of benzene rings is 1. The van der Waals surface area contributed by atoms with E-state index in [0.717, 1.165) is 29.2 Å². The van der Waals surface area contributed by atoms with E-state index in [-0.39, 0.29) is 0 Å². The summed E-state index contributed by atoms with van der Waals surface area (Å²) in [7, 11) is 2.07. The van der Waals surface area contributed by atoms with E-state index in [1.165, 1.54) is 31.2 Å². The van der Waals surface area contributed by atoms with Gasteiger partial charge in [-0.25, -0.2) is 0 Å². The van der Waals surface area contributed by atoms with Gasteiger partial charge in [-0.3, -0.25) is 0 Å². The lowest BCUT2D eigenvalue weighted by molar-refractivity contribution is 0.340. The van der Waals surface area contributed by atoms with Crippen LogP contribution in [0.5, 0.6) is 5.75 Å². The second kappa shape index (κ2) is 6.86. The van der Waals surface area contributed by atoms with Crippen LogP contribution in [0, 0.1) is 11.8 Å². The maximum Gasteiger partial charge on any atom is 0.169 e. The number of nitrogens with zero attached hydrogens (tertiary/aromatic N) is 1. The van der Waals surface area contributed by atoms with E-state index in [2.05, 4.69) is 29.4 Å². The van der Waals surface area contributed by atoms with Crippen molar-refractivity contribution in [3.63, 3.8) is 0 Å². The van der Waals surface area contributed by atoms with Gasteiger partial charge in [0.15, 0.2) is 5.11 Å². The van der Waals surface area contributed by atoms with Crippen LogP contribution in [0.25, 0.3) is 0 Å². The van der Waals surface area contributed by atoms with Crippen molar-refractivity contribution < 1.29 is 4.74 Å². The molecule has 0 heterocycles. The predicted octanol–water partition coefficient (Wildman–Crippen LogP) is 3.58. The summed E-state index contributed by atoms with van der Waals surface area (Å²) in [6, 6.07) is 8.88. The molecule has 1 N–H and O–H groups in total. The number of rotatable bonds is 5. The number of ether oxygens (including phenoxy) is 1. The van der Waals surface area contributed by atoms with Crippen molar-refractivity contribution in [3.05, 3.63) is 29.8 Å². The zero-order chi connectivity index (χ0) is 15.5. The molecule has 0 radical (unpaired) electrons. The molecule has 0 spiro atoms. The maximum atomic E-state index is 5.59. The molecule has 0 saturated heterocycles. The monoisotopic (exact) mass is 318 g/mol. The average Bonchev–Trinajstić information content (AvgIpc) is 3.12. The van der Waals surface area contributed by atoms with Crippen molar-refractivity contribution >= 4 is 17.3 Å². The summed E-state index contributed by atoms with van der Waals surface area (Å²) in [4.78, 5) is 2.14. The summed E-state index contributed by atoms with van der Waals surface area (Å²) in [5, 5.41) is 4.48. The lowest BCUT2D eigenvalue weighted by Crippen LogP contribution is -2.44. The number of hydrogen-bond acceptors (Lipinski definition) is 2. The van der Waals surface area contributed by atoms with Crippen LogP contribution in [0.4, 0.5) is 0 Å². The smallest absolute Gasteiger partial charge is 0.169 e. The summed E-state index contributed by atoms with van der Waals surface area (Å²) in [6.07, 6.45) is 5.52. The Morgan fingerprint density at radius 3 is 2.64 bits per heavy atom. The quantitative estimate of drug-likeness (QED) is 0.839. The third kappa shape index (κ3) is 3.54. The molecule has 3 rings (SSSR count). The van der Waals surface area contributed by atoms with Crippen LogP contribution in [0.3, 0.4) is 0 Å². The first-order chi connectivity index (χ1) is 10.7. The highest BCUT2D eigenvalue weighted by Crippen LogP contribution is 2.44. The molecule has 2 aliphatic carbocycles. The largest absolute Gasteiger partial charge is 0.494 e. The van der Waals surface area contributed by atoms with Gasteiger partial charge in [0.25, 0.3) is 0 Å². The van der Waals surface area contributed by atoms with E-state index in [4.69, 9.17) is 17.0 Å². The van der Waals surface area contributed by atoms with Crippen molar-refractivity contribution in [2.24, 2.45) is 11.8 Å². The molecular formula is C18H26N2OS. The van der Waals surface area contributed by atoms with Gasteiger partial charge in [-0.1, -0.05) is 18.6 Å². The summed E-state index contributed by atoms with van der Waals surface area (Å²) in [5.74, 6) is 2.72. The van der Waals surface area contributed by atoms with E-state index in [9.17, 15) is 0 Å². The summed E-state index contributed by atoms with van der Waals surface area (Å²) >= 11 is 5.59. The molecule has 0 unspecified atom stereocenters. The standard InChI is InChI=1S/C18H26N2OS/c1-3-21-16-8-5-13(6-9-16)12-20(2)18(22)19-17-11-14-4-7-15(17)10-14/h5-6,8-9,14-15,17H,3-4,7,10-12H2,1-2H3,(H,19,22)/t14-,15-,17-/m0/s1. The fourth-order valence-corrected chi connectivity index (χ4v) is 4.11. The van der Waals surface area contributed by atoms with Gasteiger partial charge in [-0.15, -0.1) is 0 Å². The molecule has 2 saturated carbocycles. The minimum Gasteiger partial charge on any atom is -0.494 e. The summed E-state index contributed by atoms with van der Waals surface area (Å²) < 4.78 is 5.48. The first kappa shape index (κ1) is 15.6. The van der Waals surface area contributed by atoms with E-state index in [1.54, 1.807) is 0 Å². The summed E-state index contributed by atoms with van der Waals surface area (Å²) in [5.41, 5.74) is 1.25. The van der Waals surface area contributed by atoms with Crippen LogP contribution in [0.2, 0.25) is 0 Å². The lowest BCUT2D eigenvalue weighted by Gasteiger charge is -2.28. The molecule has 4 heteroatoms. The van der Waals surface area contributed by atoms with Gasteiger partial charge in [0.2, 0.25) is 0 Å². The highest BCUT2D eigenvalue weighted by Gasteiger charge is 2.39. The first-order valence-corrected chi connectivity index (χ1v) is 8.80. The van der Waals surface area contributed by atoms with Crippen molar-refractivity contribution in [1.82, 2.24) is 10.2 Å². The minimum atomic E-state index is 0.606. The Hall–Kier alpha value is -1.29. The molecule has 3 nitrogen and oxygen atoms in total. The van der Waals surface area contributed by atoms with Crippen LogP contribution in [0.1, 0.15) is 38.2 Å². The van der Waals surface area contributed by atoms with Gasteiger partial charge in [0.1, 0.15) is 5.75 Å². The number of nitrogens with one attached hydrogen (secondary N) is 1. The number of fused-ring (bicyclic) bond motifs is 2. The first-order valence-electron chi connectivity index (χ1n) is 8.39. The Kier molecular flexibility index (Phi) is 4.87. The SMILES string of the molecule is CCOc1ccc(CN(C)C(=S)N[C@H]2C[C@H]3CC[C@H]2C3)cc1. The molecule has 1 aromatic rings. The highest BCUT2D eigenvalue weighted by molar-refractivity contribution is 7.80. The molecule has 120 valence electrons. The Bertz CT molecular complexity index is 516. The average molecular weight is 318 g/mol. The number of thiocarbonyl (C=S) groups is 1. The minimum absolute atomic E-state index is 0.606. The van der Waals surface area contributed by atoms with Crippen molar-refractivity contribution in [2.75, 3.05) is 13.7 Å². The molecule has 0 aromatic heterocycles. The fraction of sp³-hybridized carbons (Fsp3) is 0.611. The molecule has 1 aromatic carbocycles. The van der Waals surface area contributed by atoms with Crippen LogP contribution in [-0.4, -0.2) is 29.7 Å². The predicted molar refractivity (Wildman–Crippen MR) is 94.0 cm³/mol. The lowest BCUT2D eigenvalue weighted by atomic mass is 9.95. The molecule has 2 bridgehead atoms. The zero-order valence-electron chi connectivity index (χ0n) is 13.5.